The van der Waals surface area contributed by atoms with Crippen molar-refractivity contribution < 1.29 is 9.53 Å². The second kappa shape index (κ2) is 8.50. The van der Waals surface area contributed by atoms with Gasteiger partial charge in [0, 0.05) is 24.1 Å². The number of hydrogen-bond donors (Lipinski definition) is 1. The van der Waals surface area contributed by atoms with Gasteiger partial charge >= 0.3 is 0 Å². The lowest BCUT2D eigenvalue weighted by atomic mass is 9.95. The highest BCUT2D eigenvalue weighted by Crippen LogP contribution is 2.31. The van der Waals surface area contributed by atoms with Gasteiger partial charge in [0.25, 0.3) is 0 Å². The van der Waals surface area contributed by atoms with Crippen LogP contribution in [-0.2, 0) is 17.6 Å². The van der Waals surface area contributed by atoms with Crippen LogP contribution in [0.3, 0.4) is 0 Å². The van der Waals surface area contributed by atoms with Crippen molar-refractivity contribution in [1.29, 1.82) is 0 Å². The standard InChI is InChI=1S/C20H27N5O2/c26-20-13-12-16-17(21-20)9-6-10-18(16)27-14-5-4-11-19-22-23-24-25(19)15-7-2-1-3-8-15/h6,9-10,15H,1-5,7-8,11-14H2,(H,21,26). The molecule has 0 atom stereocenters. The van der Waals surface area contributed by atoms with Gasteiger partial charge in [-0.2, -0.15) is 0 Å². The van der Waals surface area contributed by atoms with E-state index in [2.05, 4.69) is 25.5 Å². The smallest absolute Gasteiger partial charge is 0.224 e. The molecular formula is C20H27N5O2. The molecule has 1 amide bonds. The second-order valence-corrected chi connectivity index (χ2v) is 7.47. The van der Waals surface area contributed by atoms with Crippen molar-refractivity contribution in [3.8, 4) is 5.75 Å². The third-order valence-corrected chi connectivity index (χ3v) is 5.54. The van der Waals surface area contributed by atoms with Crippen LogP contribution < -0.4 is 10.1 Å². The van der Waals surface area contributed by atoms with Gasteiger partial charge < -0.3 is 10.1 Å². The van der Waals surface area contributed by atoms with Crippen molar-refractivity contribution in [2.24, 2.45) is 0 Å². The number of anilines is 1. The van der Waals surface area contributed by atoms with Gasteiger partial charge in [-0.3, -0.25) is 4.79 Å². The molecule has 1 aromatic heterocycles. The number of carbonyl (C=O) groups is 1. The lowest BCUT2D eigenvalue weighted by Gasteiger charge is -2.22. The van der Waals surface area contributed by atoms with Crippen LogP contribution in [0, 0.1) is 0 Å². The van der Waals surface area contributed by atoms with Crippen LogP contribution in [0.4, 0.5) is 5.69 Å². The van der Waals surface area contributed by atoms with Gasteiger partial charge in [-0.05, 0) is 54.7 Å². The van der Waals surface area contributed by atoms with E-state index in [4.69, 9.17) is 4.74 Å². The van der Waals surface area contributed by atoms with Gasteiger partial charge in [0.1, 0.15) is 5.75 Å². The minimum Gasteiger partial charge on any atom is -0.493 e. The fourth-order valence-electron chi connectivity index (χ4n) is 4.08. The van der Waals surface area contributed by atoms with Crippen molar-refractivity contribution in [3.05, 3.63) is 29.6 Å². The second-order valence-electron chi connectivity index (χ2n) is 7.47. The lowest BCUT2D eigenvalue weighted by Crippen LogP contribution is -2.19. The largest absolute Gasteiger partial charge is 0.493 e. The first-order valence-electron chi connectivity index (χ1n) is 10.1. The molecule has 0 unspecified atom stereocenters. The third kappa shape index (κ3) is 4.28. The number of unbranched alkanes of at least 4 members (excludes halogenated alkanes) is 1. The van der Waals surface area contributed by atoms with Gasteiger partial charge in [0.15, 0.2) is 5.82 Å². The minimum atomic E-state index is 0.0790. The molecule has 1 aliphatic carbocycles. The monoisotopic (exact) mass is 369 g/mol. The molecule has 4 rings (SSSR count). The summed E-state index contributed by atoms with van der Waals surface area (Å²) >= 11 is 0. The topological polar surface area (TPSA) is 81.9 Å². The number of aromatic nitrogens is 4. The molecule has 1 aromatic carbocycles. The Morgan fingerprint density at radius 1 is 1.15 bits per heavy atom. The number of tetrazole rings is 1. The third-order valence-electron chi connectivity index (χ3n) is 5.54. The molecule has 27 heavy (non-hydrogen) atoms. The average molecular weight is 369 g/mol. The summed E-state index contributed by atoms with van der Waals surface area (Å²) in [5.74, 6) is 1.97. The first-order valence-corrected chi connectivity index (χ1v) is 10.1. The number of aryl methyl sites for hydroxylation is 1. The van der Waals surface area contributed by atoms with Crippen LogP contribution >= 0.6 is 0 Å². The van der Waals surface area contributed by atoms with E-state index in [0.29, 0.717) is 19.1 Å². The molecule has 7 heteroatoms. The summed E-state index contributed by atoms with van der Waals surface area (Å²) in [4.78, 5) is 11.5. The molecule has 1 N–H and O–H groups in total. The van der Waals surface area contributed by atoms with E-state index in [1.807, 2.05) is 18.2 Å². The highest BCUT2D eigenvalue weighted by Gasteiger charge is 2.20. The van der Waals surface area contributed by atoms with Crippen LogP contribution in [0.15, 0.2) is 18.2 Å². The van der Waals surface area contributed by atoms with Crippen molar-refractivity contribution in [1.82, 2.24) is 20.2 Å². The average Bonchev–Trinajstić information content (AvgIpc) is 3.17. The van der Waals surface area contributed by atoms with E-state index in [1.54, 1.807) is 0 Å². The van der Waals surface area contributed by atoms with E-state index >= 15 is 0 Å². The molecule has 144 valence electrons. The van der Waals surface area contributed by atoms with Crippen LogP contribution in [0.2, 0.25) is 0 Å². The van der Waals surface area contributed by atoms with E-state index in [0.717, 1.165) is 48.5 Å². The van der Waals surface area contributed by atoms with E-state index in [1.165, 1.54) is 32.1 Å². The maximum absolute atomic E-state index is 11.5. The SMILES string of the molecule is O=C1CCc2c(cccc2OCCCCc2nnnn2C2CCCCC2)N1. The summed E-state index contributed by atoms with van der Waals surface area (Å²) in [5.41, 5.74) is 1.99. The highest BCUT2D eigenvalue weighted by molar-refractivity contribution is 5.94. The summed E-state index contributed by atoms with van der Waals surface area (Å²) in [6.07, 6.45) is 10.4. The van der Waals surface area contributed by atoms with Gasteiger partial charge in [0.05, 0.1) is 12.6 Å². The number of nitrogens with one attached hydrogen (secondary N) is 1. The molecule has 1 saturated carbocycles. The Labute approximate surface area is 159 Å². The first kappa shape index (κ1) is 17.9. The summed E-state index contributed by atoms with van der Waals surface area (Å²) in [7, 11) is 0. The molecule has 0 saturated heterocycles. The number of rotatable bonds is 7. The number of ether oxygens (including phenoxy) is 1. The van der Waals surface area contributed by atoms with Gasteiger partial charge in [-0.1, -0.05) is 25.3 Å². The normalized spacial score (nSPS) is 17.4. The molecule has 0 bridgehead atoms. The maximum atomic E-state index is 11.5. The molecular weight excluding hydrogens is 342 g/mol. The lowest BCUT2D eigenvalue weighted by molar-refractivity contribution is -0.116. The summed E-state index contributed by atoms with van der Waals surface area (Å²) in [5, 5.41) is 15.3. The number of fused-ring (bicyclic) bond motifs is 1. The van der Waals surface area contributed by atoms with Gasteiger partial charge in [0.2, 0.25) is 5.91 Å². The van der Waals surface area contributed by atoms with Crippen molar-refractivity contribution in [3.63, 3.8) is 0 Å². The van der Waals surface area contributed by atoms with Crippen molar-refractivity contribution >= 4 is 11.6 Å². The number of nitrogens with zero attached hydrogens (tertiary/aromatic N) is 4. The molecule has 0 radical (unpaired) electrons. The predicted molar refractivity (Wildman–Crippen MR) is 102 cm³/mol. The van der Waals surface area contributed by atoms with Gasteiger partial charge in [-0.25, -0.2) is 4.68 Å². The molecule has 1 fully saturated rings. The quantitative estimate of drug-likeness (QED) is 0.756. The Balaban J connectivity index is 1.25. The molecule has 2 heterocycles. The fourth-order valence-corrected chi connectivity index (χ4v) is 4.08. The maximum Gasteiger partial charge on any atom is 0.224 e. The van der Waals surface area contributed by atoms with Crippen molar-refractivity contribution in [2.45, 2.75) is 70.3 Å². The van der Waals surface area contributed by atoms with E-state index in [9.17, 15) is 4.79 Å². The number of carbonyl (C=O) groups excluding carboxylic acids is 1. The summed E-state index contributed by atoms with van der Waals surface area (Å²) < 4.78 is 8.05. The van der Waals surface area contributed by atoms with E-state index < -0.39 is 0 Å². The van der Waals surface area contributed by atoms with Gasteiger partial charge in [-0.15, -0.1) is 5.10 Å². The highest BCUT2D eigenvalue weighted by atomic mass is 16.5. The number of hydrogen-bond acceptors (Lipinski definition) is 5. The Morgan fingerprint density at radius 2 is 2.04 bits per heavy atom. The predicted octanol–water partition coefficient (Wildman–Crippen LogP) is 3.46. The Bertz CT molecular complexity index is 782. The van der Waals surface area contributed by atoms with Crippen LogP contribution in [0.5, 0.6) is 5.75 Å². The Kier molecular flexibility index (Phi) is 5.65. The van der Waals surface area contributed by atoms with Crippen LogP contribution in [0.25, 0.3) is 0 Å². The zero-order chi connectivity index (χ0) is 18.5. The summed E-state index contributed by atoms with van der Waals surface area (Å²) in [6, 6.07) is 6.33. The Hall–Kier alpha value is -2.44. The first-order chi connectivity index (χ1) is 13.3. The van der Waals surface area contributed by atoms with Crippen LogP contribution in [-0.4, -0.2) is 32.7 Å². The van der Waals surface area contributed by atoms with Crippen molar-refractivity contribution in [2.75, 3.05) is 11.9 Å². The molecule has 7 nitrogen and oxygen atoms in total. The van der Waals surface area contributed by atoms with Crippen LogP contribution in [0.1, 0.15) is 68.8 Å². The number of benzene rings is 1. The minimum absolute atomic E-state index is 0.0790. The van der Waals surface area contributed by atoms with E-state index in [-0.39, 0.29) is 5.91 Å². The fraction of sp³-hybridized carbons (Fsp3) is 0.600. The molecule has 2 aliphatic rings. The molecule has 1 aliphatic heterocycles. The molecule has 2 aromatic rings. The zero-order valence-corrected chi connectivity index (χ0v) is 15.7. The summed E-state index contributed by atoms with van der Waals surface area (Å²) in [6.45, 7) is 0.662. The zero-order valence-electron chi connectivity index (χ0n) is 15.7. The molecule has 0 spiro atoms. The number of amides is 1. The Morgan fingerprint density at radius 3 is 2.93 bits per heavy atom.